The van der Waals surface area contributed by atoms with E-state index in [9.17, 15) is 4.79 Å². The van der Waals surface area contributed by atoms with Crippen LogP contribution in [-0.4, -0.2) is 55.5 Å². The molecule has 0 saturated carbocycles. The van der Waals surface area contributed by atoms with Crippen molar-refractivity contribution in [3.05, 3.63) is 65.2 Å². The van der Waals surface area contributed by atoms with Gasteiger partial charge in [-0.25, -0.2) is 0 Å². The van der Waals surface area contributed by atoms with Gasteiger partial charge < -0.3 is 19.9 Å². The Morgan fingerprint density at radius 1 is 1.17 bits per heavy atom. The minimum absolute atomic E-state index is 0. The highest BCUT2D eigenvalue weighted by Gasteiger charge is 2.20. The second-order valence-corrected chi connectivity index (χ2v) is 7.17. The maximum atomic E-state index is 12.7. The first-order chi connectivity index (χ1) is 14.1. The summed E-state index contributed by atoms with van der Waals surface area (Å²) in [5.41, 5.74) is 3.73. The Morgan fingerprint density at radius 2 is 1.87 bits per heavy atom. The van der Waals surface area contributed by atoms with Crippen molar-refractivity contribution in [3.8, 4) is 5.75 Å². The predicted molar refractivity (Wildman–Crippen MR) is 131 cm³/mol. The van der Waals surface area contributed by atoms with Crippen LogP contribution in [0.5, 0.6) is 5.75 Å². The molecule has 0 aliphatic carbocycles. The monoisotopic (exact) mass is 522 g/mol. The van der Waals surface area contributed by atoms with Crippen molar-refractivity contribution in [1.29, 1.82) is 0 Å². The van der Waals surface area contributed by atoms with E-state index in [1.165, 1.54) is 11.1 Å². The lowest BCUT2D eigenvalue weighted by molar-refractivity contribution is -0.130. The van der Waals surface area contributed by atoms with Crippen molar-refractivity contribution in [2.45, 2.75) is 26.4 Å². The van der Waals surface area contributed by atoms with Gasteiger partial charge in [-0.05, 0) is 42.2 Å². The molecule has 1 heterocycles. The lowest BCUT2D eigenvalue weighted by atomic mass is 10.00. The normalized spacial score (nSPS) is 13.2. The molecule has 0 atom stereocenters. The molecule has 1 aliphatic heterocycles. The lowest BCUT2D eigenvalue weighted by Crippen LogP contribution is -2.46. The van der Waals surface area contributed by atoms with Crippen molar-refractivity contribution in [2.24, 2.45) is 4.99 Å². The SMILES string of the molecule is CCOc1ccc(CN(C)C(=NC)NCC(=O)N2CCc3ccccc3C2)cc1.I. The highest BCUT2D eigenvalue weighted by molar-refractivity contribution is 14.0. The average Bonchev–Trinajstić information content (AvgIpc) is 2.75. The molecule has 2 aromatic carbocycles. The molecule has 2 aromatic rings. The molecule has 0 bridgehead atoms. The third-order valence-electron chi connectivity index (χ3n) is 5.11. The number of guanidine groups is 1. The van der Waals surface area contributed by atoms with Gasteiger partial charge in [0.2, 0.25) is 5.91 Å². The first-order valence-corrected chi connectivity index (χ1v) is 10.1. The number of aliphatic imine (C=N–C) groups is 1. The number of ether oxygens (including phenoxy) is 1. The maximum Gasteiger partial charge on any atom is 0.242 e. The molecule has 1 amide bonds. The van der Waals surface area contributed by atoms with Crippen molar-refractivity contribution in [1.82, 2.24) is 15.1 Å². The van der Waals surface area contributed by atoms with Crippen LogP contribution in [0.25, 0.3) is 0 Å². The van der Waals surface area contributed by atoms with E-state index >= 15 is 0 Å². The van der Waals surface area contributed by atoms with E-state index in [0.717, 1.165) is 24.3 Å². The van der Waals surface area contributed by atoms with Crippen LogP contribution in [0.15, 0.2) is 53.5 Å². The number of nitrogens with one attached hydrogen (secondary N) is 1. The van der Waals surface area contributed by atoms with Gasteiger partial charge in [0.05, 0.1) is 13.2 Å². The highest BCUT2D eigenvalue weighted by atomic mass is 127. The molecule has 6 nitrogen and oxygen atoms in total. The van der Waals surface area contributed by atoms with Crippen LogP contribution in [0.4, 0.5) is 0 Å². The fourth-order valence-electron chi connectivity index (χ4n) is 3.57. The molecule has 30 heavy (non-hydrogen) atoms. The van der Waals surface area contributed by atoms with E-state index in [0.29, 0.717) is 25.7 Å². The Kier molecular flexibility index (Phi) is 9.42. The molecule has 162 valence electrons. The van der Waals surface area contributed by atoms with Crippen molar-refractivity contribution < 1.29 is 9.53 Å². The zero-order valence-electron chi connectivity index (χ0n) is 17.9. The van der Waals surface area contributed by atoms with E-state index in [-0.39, 0.29) is 36.4 Å². The summed E-state index contributed by atoms with van der Waals surface area (Å²) in [6, 6.07) is 16.4. The summed E-state index contributed by atoms with van der Waals surface area (Å²) in [7, 11) is 3.70. The largest absolute Gasteiger partial charge is 0.494 e. The summed E-state index contributed by atoms with van der Waals surface area (Å²) >= 11 is 0. The van der Waals surface area contributed by atoms with Gasteiger partial charge in [-0.15, -0.1) is 24.0 Å². The van der Waals surface area contributed by atoms with E-state index < -0.39 is 0 Å². The molecule has 1 N–H and O–H groups in total. The van der Waals surface area contributed by atoms with E-state index in [1.807, 2.05) is 54.1 Å². The zero-order valence-corrected chi connectivity index (χ0v) is 20.3. The van der Waals surface area contributed by atoms with Crippen molar-refractivity contribution in [2.75, 3.05) is 33.8 Å². The van der Waals surface area contributed by atoms with Gasteiger partial charge in [0.25, 0.3) is 0 Å². The molecular formula is C23H31IN4O2. The number of halogens is 1. The molecule has 7 heteroatoms. The first kappa shape index (κ1) is 24.0. The Labute approximate surface area is 196 Å². The summed E-state index contributed by atoms with van der Waals surface area (Å²) in [6.45, 7) is 5.00. The van der Waals surface area contributed by atoms with Crippen LogP contribution in [0.2, 0.25) is 0 Å². The molecule has 3 rings (SSSR count). The minimum atomic E-state index is 0. The van der Waals surface area contributed by atoms with E-state index in [1.54, 1.807) is 7.05 Å². The summed E-state index contributed by atoms with van der Waals surface area (Å²) in [5, 5.41) is 3.20. The van der Waals surface area contributed by atoms with Crippen LogP contribution in [0.1, 0.15) is 23.6 Å². The molecule has 0 radical (unpaired) electrons. The molecule has 0 spiro atoms. The highest BCUT2D eigenvalue weighted by Crippen LogP contribution is 2.18. The molecule has 0 aromatic heterocycles. The average molecular weight is 522 g/mol. The van der Waals surface area contributed by atoms with Crippen LogP contribution < -0.4 is 10.1 Å². The smallest absolute Gasteiger partial charge is 0.242 e. The number of hydrogen-bond acceptors (Lipinski definition) is 3. The van der Waals surface area contributed by atoms with Gasteiger partial charge in [0.15, 0.2) is 5.96 Å². The van der Waals surface area contributed by atoms with Gasteiger partial charge in [0.1, 0.15) is 5.75 Å². The Hall–Kier alpha value is -2.29. The second-order valence-electron chi connectivity index (χ2n) is 7.17. The quantitative estimate of drug-likeness (QED) is 0.360. The Bertz CT molecular complexity index is 855. The summed E-state index contributed by atoms with van der Waals surface area (Å²) in [5.74, 6) is 1.66. The number of benzene rings is 2. The van der Waals surface area contributed by atoms with Gasteiger partial charge in [-0.1, -0.05) is 36.4 Å². The van der Waals surface area contributed by atoms with Crippen LogP contribution in [0, 0.1) is 0 Å². The van der Waals surface area contributed by atoms with Gasteiger partial charge in [-0.3, -0.25) is 9.79 Å². The first-order valence-electron chi connectivity index (χ1n) is 10.1. The minimum Gasteiger partial charge on any atom is -0.494 e. The van der Waals surface area contributed by atoms with E-state index in [2.05, 4.69) is 28.5 Å². The molecule has 0 saturated heterocycles. The summed E-state index contributed by atoms with van der Waals surface area (Å²) < 4.78 is 5.49. The fourth-order valence-corrected chi connectivity index (χ4v) is 3.57. The third kappa shape index (κ3) is 6.35. The topological polar surface area (TPSA) is 57.2 Å². The van der Waals surface area contributed by atoms with Crippen molar-refractivity contribution in [3.63, 3.8) is 0 Å². The number of rotatable bonds is 6. The number of hydrogen-bond donors (Lipinski definition) is 1. The van der Waals surface area contributed by atoms with Crippen LogP contribution >= 0.6 is 24.0 Å². The third-order valence-corrected chi connectivity index (χ3v) is 5.11. The van der Waals surface area contributed by atoms with Gasteiger partial charge in [-0.2, -0.15) is 0 Å². The number of amides is 1. The molecular weight excluding hydrogens is 491 g/mol. The van der Waals surface area contributed by atoms with Gasteiger partial charge >= 0.3 is 0 Å². The number of nitrogens with zero attached hydrogens (tertiary/aromatic N) is 3. The number of carbonyl (C=O) groups is 1. The van der Waals surface area contributed by atoms with Crippen molar-refractivity contribution >= 4 is 35.8 Å². The molecule has 0 unspecified atom stereocenters. The zero-order chi connectivity index (χ0) is 20.6. The Balaban J connectivity index is 0.00000320. The van der Waals surface area contributed by atoms with Crippen LogP contribution in [0.3, 0.4) is 0 Å². The number of fused-ring (bicyclic) bond motifs is 1. The molecule has 0 fully saturated rings. The Morgan fingerprint density at radius 3 is 2.53 bits per heavy atom. The second kappa shape index (κ2) is 11.8. The predicted octanol–water partition coefficient (Wildman–Crippen LogP) is 3.30. The standard InChI is InChI=1S/C23H30N4O2.HI/c1-4-29-21-11-9-18(10-12-21)16-26(3)23(24-2)25-15-22(28)27-14-13-19-7-5-6-8-20(19)17-27;/h5-12H,4,13-17H2,1-3H3,(H,24,25);1H. The summed E-state index contributed by atoms with van der Waals surface area (Å²) in [6.07, 6.45) is 0.911. The van der Waals surface area contributed by atoms with E-state index in [4.69, 9.17) is 4.74 Å². The number of carbonyl (C=O) groups excluding carboxylic acids is 1. The maximum absolute atomic E-state index is 12.7. The van der Waals surface area contributed by atoms with Crippen LogP contribution in [-0.2, 0) is 24.3 Å². The lowest BCUT2D eigenvalue weighted by Gasteiger charge is -2.29. The fraction of sp³-hybridized carbons (Fsp3) is 0.391. The van der Waals surface area contributed by atoms with Gasteiger partial charge in [0, 0.05) is 33.7 Å². The summed E-state index contributed by atoms with van der Waals surface area (Å²) in [4.78, 5) is 20.9. The molecule has 1 aliphatic rings.